The van der Waals surface area contributed by atoms with Crippen molar-refractivity contribution in [3.8, 4) is 0 Å². The van der Waals surface area contributed by atoms with Gasteiger partial charge in [-0.3, -0.25) is 4.90 Å². The van der Waals surface area contributed by atoms with Gasteiger partial charge in [0.15, 0.2) is 0 Å². The highest BCUT2D eigenvalue weighted by atomic mass is 35.5. The van der Waals surface area contributed by atoms with E-state index in [1.54, 1.807) is 0 Å². The molecule has 3 nitrogen and oxygen atoms in total. The van der Waals surface area contributed by atoms with Crippen LogP contribution >= 0.6 is 11.6 Å². The number of hydrogen-bond acceptors (Lipinski definition) is 2. The average molecular weight is 368 g/mol. The summed E-state index contributed by atoms with van der Waals surface area (Å²) in [5.74, 6) is 1.17. The van der Waals surface area contributed by atoms with Crippen LogP contribution in [-0.4, -0.2) is 27.5 Å². The van der Waals surface area contributed by atoms with Crippen LogP contribution in [0.2, 0.25) is 5.02 Å². The molecule has 1 unspecified atom stereocenters. The zero-order chi connectivity index (χ0) is 18.3. The van der Waals surface area contributed by atoms with Crippen molar-refractivity contribution in [1.29, 1.82) is 0 Å². The topological polar surface area (TPSA) is 21.1 Å². The van der Waals surface area contributed by atoms with Crippen LogP contribution in [0.1, 0.15) is 48.3 Å². The maximum Gasteiger partial charge on any atom is 0.127 e. The molecular weight excluding hydrogens is 342 g/mol. The van der Waals surface area contributed by atoms with E-state index in [4.69, 9.17) is 16.6 Å². The fourth-order valence-electron chi connectivity index (χ4n) is 3.95. The fourth-order valence-corrected chi connectivity index (χ4v) is 4.07. The highest BCUT2D eigenvalue weighted by Crippen LogP contribution is 2.29. The lowest BCUT2D eigenvalue weighted by atomic mass is 10.1. The number of rotatable bonds is 4. The summed E-state index contributed by atoms with van der Waals surface area (Å²) >= 11 is 6.07. The van der Waals surface area contributed by atoms with Crippen molar-refractivity contribution in [1.82, 2.24) is 14.5 Å². The average Bonchev–Trinajstić information content (AvgIpc) is 3.26. The van der Waals surface area contributed by atoms with Gasteiger partial charge in [-0.1, -0.05) is 23.7 Å². The Bertz CT molecular complexity index is 921. The lowest BCUT2D eigenvalue weighted by molar-refractivity contribution is 0.249. The molecular formula is C22H26ClN3. The standard InChI is InChI=1S/C22H26ClN3/c1-15-12-20-21(13-16(15)2)26(14-18-6-8-19(23)9-7-18)22(24-20)17(3)25-10-4-5-11-25/h6-9,12-13,17H,4-5,10-11,14H2,1-3H3. The molecule has 4 heteroatoms. The molecule has 1 saturated heterocycles. The van der Waals surface area contributed by atoms with E-state index in [9.17, 15) is 0 Å². The molecule has 2 aromatic carbocycles. The molecule has 0 radical (unpaired) electrons. The molecule has 3 aromatic rings. The predicted octanol–water partition coefficient (Wildman–Crippen LogP) is 5.51. The Morgan fingerprint density at radius 1 is 1.04 bits per heavy atom. The Morgan fingerprint density at radius 3 is 2.38 bits per heavy atom. The monoisotopic (exact) mass is 367 g/mol. The van der Waals surface area contributed by atoms with E-state index < -0.39 is 0 Å². The van der Waals surface area contributed by atoms with Gasteiger partial charge in [-0.05, 0) is 87.7 Å². The van der Waals surface area contributed by atoms with Gasteiger partial charge >= 0.3 is 0 Å². The molecule has 1 fully saturated rings. The van der Waals surface area contributed by atoms with Crippen molar-refractivity contribution < 1.29 is 0 Å². The smallest absolute Gasteiger partial charge is 0.127 e. The fraction of sp³-hybridized carbons (Fsp3) is 0.409. The van der Waals surface area contributed by atoms with Crippen LogP contribution in [0.15, 0.2) is 36.4 Å². The molecule has 136 valence electrons. The Balaban J connectivity index is 1.81. The highest BCUT2D eigenvalue weighted by Gasteiger charge is 2.25. The second-order valence-electron chi connectivity index (χ2n) is 7.53. The first kappa shape index (κ1) is 17.6. The third-order valence-electron chi connectivity index (χ3n) is 5.71. The number of aryl methyl sites for hydroxylation is 2. The summed E-state index contributed by atoms with van der Waals surface area (Å²) in [5, 5.41) is 0.779. The van der Waals surface area contributed by atoms with Gasteiger partial charge in [0.2, 0.25) is 0 Å². The van der Waals surface area contributed by atoms with E-state index in [0.29, 0.717) is 6.04 Å². The van der Waals surface area contributed by atoms with E-state index in [1.165, 1.54) is 54.0 Å². The Hall–Kier alpha value is -1.84. The number of benzene rings is 2. The molecule has 4 rings (SSSR count). The Labute approximate surface area is 160 Å². The van der Waals surface area contributed by atoms with Crippen molar-refractivity contribution in [2.45, 2.75) is 46.2 Å². The molecule has 0 aliphatic carbocycles. The number of fused-ring (bicyclic) bond motifs is 1. The Morgan fingerprint density at radius 2 is 1.69 bits per heavy atom. The predicted molar refractivity (Wildman–Crippen MR) is 109 cm³/mol. The van der Waals surface area contributed by atoms with Crippen LogP contribution in [0.5, 0.6) is 0 Å². The zero-order valence-corrected chi connectivity index (χ0v) is 16.6. The first-order valence-electron chi connectivity index (χ1n) is 9.49. The summed E-state index contributed by atoms with van der Waals surface area (Å²) in [7, 11) is 0. The molecule has 1 atom stereocenters. The van der Waals surface area contributed by atoms with E-state index >= 15 is 0 Å². The normalized spacial score (nSPS) is 16.5. The molecule has 1 aromatic heterocycles. The van der Waals surface area contributed by atoms with Crippen molar-refractivity contribution in [3.05, 3.63) is 63.9 Å². The Kier molecular flexibility index (Phi) is 4.76. The van der Waals surface area contributed by atoms with Crippen LogP contribution in [0, 0.1) is 13.8 Å². The maximum atomic E-state index is 6.07. The molecule has 0 saturated carbocycles. The summed E-state index contributed by atoms with van der Waals surface area (Å²) in [6, 6.07) is 13.0. The van der Waals surface area contributed by atoms with Gasteiger partial charge in [-0.2, -0.15) is 0 Å². The van der Waals surface area contributed by atoms with E-state index in [-0.39, 0.29) is 0 Å². The number of aromatic nitrogens is 2. The molecule has 0 N–H and O–H groups in total. The summed E-state index contributed by atoms with van der Waals surface area (Å²) in [5.41, 5.74) is 6.19. The van der Waals surface area contributed by atoms with Crippen LogP contribution in [0.25, 0.3) is 11.0 Å². The van der Waals surface area contributed by atoms with Gasteiger partial charge in [0.05, 0.1) is 17.1 Å². The number of imidazole rings is 1. The quantitative estimate of drug-likeness (QED) is 0.606. The summed E-state index contributed by atoms with van der Waals surface area (Å²) in [6.07, 6.45) is 2.58. The van der Waals surface area contributed by atoms with Gasteiger partial charge in [0.1, 0.15) is 5.82 Å². The summed E-state index contributed by atoms with van der Waals surface area (Å²) in [4.78, 5) is 7.62. The third kappa shape index (κ3) is 3.26. The van der Waals surface area contributed by atoms with Crippen molar-refractivity contribution >= 4 is 22.6 Å². The lowest BCUT2D eigenvalue weighted by Crippen LogP contribution is -2.26. The molecule has 1 aliphatic rings. The van der Waals surface area contributed by atoms with Crippen LogP contribution in [-0.2, 0) is 6.54 Å². The second kappa shape index (κ2) is 7.05. The number of hydrogen-bond donors (Lipinski definition) is 0. The largest absolute Gasteiger partial charge is 0.322 e. The van der Waals surface area contributed by atoms with Crippen molar-refractivity contribution in [2.75, 3.05) is 13.1 Å². The minimum Gasteiger partial charge on any atom is -0.322 e. The second-order valence-corrected chi connectivity index (χ2v) is 7.96. The number of nitrogens with zero attached hydrogens (tertiary/aromatic N) is 3. The van der Waals surface area contributed by atoms with Gasteiger partial charge in [0.25, 0.3) is 0 Å². The lowest BCUT2D eigenvalue weighted by Gasteiger charge is -2.24. The summed E-state index contributed by atoms with van der Waals surface area (Å²) < 4.78 is 2.40. The SMILES string of the molecule is Cc1cc2nc(C(C)N3CCCC3)n(Cc3ccc(Cl)cc3)c2cc1C. The van der Waals surface area contributed by atoms with Crippen LogP contribution in [0.4, 0.5) is 0 Å². The molecule has 26 heavy (non-hydrogen) atoms. The van der Waals surface area contributed by atoms with Gasteiger partial charge in [-0.15, -0.1) is 0 Å². The maximum absolute atomic E-state index is 6.07. The van der Waals surface area contributed by atoms with E-state index in [0.717, 1.165) is 17.1 Å². The summed E-state index contributed by atoms with van der Waals surface area (Å²) in [6.45, 7) is 9.80. The highest BCUT2D eigenvalue weighted by molar-refractivity contribution is 6.30. The first-order valence-corrected chi connectivity index (χ1v) is 9.86. The molecule has 0 bridgehead atoms. The van der Waals surface area contributed by atoms with Crippen LogP contribution in [0.3, 0.4) is 0 Å². The van der Waals surface area contributed by atoms with Gasteiger partial charge in [-0.25, -0.2) is 4.98 Å². The minimum atomic E-state index is 0.331. The van der Waals surface area contributed by atoms with E-state index in [2.05, 4.69) is 54.5 Å². The number of likely N-dealkylation sites (tertiary alicyclic amines) is 1. The van der Waals surface area contributed by atoms with E-state index in [1.807, 2.05) is 12.1 Å². The van der Waals surface area contributed by atoms with Gasteiger partial charge in [0, 0.05) is 11.6 Å². The van der Waals surface area contributed by atoms with Crippen molar-refractivity contribution in [2.24, 2.45) is 0 Å². The van der Waals surface area contributed by atoms with Crippen molar-refractivity contribution in [3.63, 3.8) is 0 Å². The first-order chi connectivity index (χ1) is 12.5. The van der Waals surface area contributed by atoms with Crippen LogP contribution < -0.4 is 0 Å². The number of halogens is 1. The third-order valence-corrected chi connectivity index (χ3v) is 5.96. The minimum absolute atomic E-state index is 0.331. The molecule has 0 amide bonds. The molecule has 1 aliphatic heterocycles. The zero-order valence-electron chi connectivity index (χ0n) is 15.8. The molecule has 0 spiro atoms. The van der Waals surface area contributed by atoms with Gasteiger partial charge < -0.3 is 4.57 Å². The molecule has 2 heterocycles.